The fourth-order valence-corrected chi connectivity index (χ4v) is 3.43. The van der Waals surface area contributed by atoms with E-state index in [0.29, 0.717) is 13.1 Å². The van der Waals surface area contributed by atoms with Gasteiger partial charge in [-0.15, -0.1) is 0 Å². The topological polar surface area (TPSA) is 43.9 Å². The summed E-state index contributed by atoms with van der Waals surface area (Å²) in [6.07, 6.45) is 1.02. The second-order valence-corrected chi connectivity index (χ2v) is 7.41. The molecule has 1 aliphatic heterocycles. The Morgan fingerprint density at radius 1 is 1.05 bits per heavy atom. The van der Waals surface area contributed by atoms with Gasteiger partial charge in [0.1, 0.15) is 0 Å². The van der Waals surface area contributed by atoms with Crippen molar-refractivity contribution in [2.24, 2.45) is 0 Å². The summed E-state index contributed by atoms with van der Waals surface area (Å²) in [4.78, 5) is 2.33. The zero-order valence-electron chi connectivity index (χ0n) is 12.2. The normalized spacial score (nSPS) is 18.6. The van der Waals surface area contributed by atoms with E-state index in [1.807, 2.05) is 6.07 Å². The summed E-state index contributed by atoms with van der Waals surface area (Å²) < 4.78 is 26.9. The minimum absolute atomic E-state index is 0.579. The molecule has 1 aromatic carbocycles. The van der Waals surface area contributed by atoms with E-state index in [1.165, 1.54) is 9.87 Å². The Morgan fingerprint density at radius 2 is 1.65 bits per heavy atom. The highest BCUT2D eigenvalue weighted by molar-refractivity contribution is 7.86. The molecule has 0 unspecified atom stereocenters. The maximum atomic E-state index is 12.0. The van der Waals surface area contributed by atoms with Gasteiger partial charge in [0.25, 0.3) is 10.2 Å². The summed E-state index contributed by atoms with van der Waals surface area (Å²) in [5.41, 5.74) is 1.33. The maximum absolute atomic E-state index is 12.0. The summed E-state index contributed by atoms with van der Waals surface area (Å²) in [6.45, 7) is 3.75. The van der Waals surface area contributed by atoms with Gasteiger partial charge in [-0.3, -0.25) is 0 Å². The lowest BCUT2D eigenvalue weighted by Crippen LogP contribution is -2.51. The fraction of sp³-hybridized carbons (Fsp3) is 0.571. The van der Waals surface area contributed by atoms with Gasteiger partial charge in [-0.05, 0) is 12.0 Å². The molecule has 0 bridgehead atoms. The van der Waals surface area contributed by atoms with Crippen LogP contribution < -0.4 is 0 Å². The van der Waals surface area contributed by atoms with Gasteiger partial charge in [0.05, 0.1) is 0 Å². The highest BCUT2D eigenvalue weighted by Gasteiger charge is 2.28. The van der Waals surface area contributed by atoms with Crippen molar-refractivity contribution in [3.05, 3.63) is 35.9 Å². The monoisotopic (exact) mass is 297 g/mol. The molecule has 0 N–H and O–H groups in total. The molecule has 1 saturated heterocycles. The summed E-state index contributed by atoms with van der Waals surface area (Å²) in [5, 5.41) is 0. The number of hydrogen-bond acceptors (Lipinski definition) is 3. The summed E-state index contributed by atoms with van der Waals surface area (Å²) >= 11 is 0. The molecule has 6 heteroatoms. The summed E-state index contributed by atoms with van der Waals surface area (Å²) in [7, 11) is -0.0895. The molecular weight excluding hydrogens is 274 g/mol. The van der Waals surface area contributed by atoms with Crippen molar-refractivity contribution in [2.75, 3.05) is 46.8 Å². The molecular formula is C14H23N3O2S. The van der Waals surface area contributed by atoms with Crippen LogP contribution in [0.15, 0.2) is 30.3 Å². The van der Waals surface area contributed by atoms with Gasteiger partial charge in [0.15, 0.2) is 0 Å². The van der Waals surface area contributed by atoms with Crippen LogP contribution in [0.1, 0.15) is 5.56 Å². The third-order valence-electron chi connectivity index (χ3n) is 3.68. The molecule has 0 aromatic heterocycles. The Labute approximate surface area is 122 Å². The van der Waals surface area contributed by atoms with Crippen LogP contribution in [0.2, 0.25) is 0 Å². The van der Waals surface area contributed by atoms with Gasteiger partial charge in [-0.1, -0.05) is 30.3 Å². The standard InChI is InChI=1S/C14H23N3O2S/c1-15(2)20(18,19)17-12-10-16(11-13-17)9-8-14-6-4-3-5-7-14/h3-7H,8-13H2,1-2H3. The SMILES string of the molecule is CN(C)S(=O)(=O)N1CCN(CCc2ccccc2)CC1. The molecule has 2 rings (SSSR count). The van der Waals surface area contributed by atoms with Gasteiger partial charge in [-0.2, -0.15) is 17.0 Å². The first-order chi connectivity index (χ1) is 9.50. The van der Waals surface area contributed by atoms with E-state index in [9.17, 15) is 8.42 Å². The molecule has 0 radical (unpaired) electrons. The molecule has 1 aromatic rings. The second kappa shape index (κ2) is 6.67. The largest absolute Gasteiger partial charge is 0.300 e. The van der Waals surface area contributed by atoms with E-state index in [4.69, 9.17) is 0 Å². The molecule has 0 atom stereocenters. The average Bonchev–Trinajstić information content (AvgIpc) is 2.46. The van der Waals surface area contributed by atoms with Crippen LogP contribution >= 0.6 is 0 Å². The first-order valence-corrected chi connectivity index (χ1v) is 8.34. The quantitative estimate of drug-likeness (QED) is 0.802. The van der Waals surface area contributed by atoms with Crippen LogP contribution in [-0.4, -0.2) is 68.7 Å². The molecule has 112 valence electrons. The number of nitrogens with zero attached hydrogens (tertiary/aromatic N) is 3. The zero-order chi connectivity index (χ0) is 14.6. The molecule has 0 saturated carbocycles. The smallest absolute Gasteiger partial charge is 0.281 e. The Morgan fingerprint density at radius 3 is 2.20 bits per heavy atom. The van der Waals surface area contributed by atoms with Crippen LogP contribution in [0.4, 0.5) is 0 Å². The molecule has 1 heterocycles. The molecule has 0 aliphatic carbocycles. The van der Waals surface area contributed by atoms with E-state index in [-0.39, 0.29) is 0 Å². The zero-order valence-corrected chi connectivity index (χ0v) is 13.0. The van der Waals surface area contributed by atoms with Crippen molar-refractivity contribution >= 4 is 10.2 Å². The van der Waals surface area contributed by atoms with Gasteiger partial charge in [-0.25, -0.2) is 0 Å². The number of piperazine rings is 1. The van der Waals surface area contributed by atoms with Crippen molar-refractivity contribution in [1.29, 1.82) is 0 Å². The van der Waals surface area contributed by atoms with Gasteiger partial charge >= 0.3 is 0 Å². The lowest BCUT2D eigenvalue weighted by Gasteiger charge is -2.35. The van der Waals surface area contributed by atoms with Gasteiger partial charge < -0.3 is 4.90 Å². The first kappa shape index (κ1) is 15.4. The molecule has 0 amide bonds. The molecule has 5 nitrogen and oxygen atoms in total. The van der Waals surface area contributed by atoms with Crippen LogP contribution in [0.5, 0.6) is 0 Å². The summed E-state index contributed by atoms with van der Waals surface area (Å²) in [5.74, 6) is 0. The molecule has 1 fully saturated rings. The van der Waals surface area contributed by atoms with Crippen molar-refractivity contribution in [1.82, 2.24) is 13.5 Å². The van der Waals surface area contributed by atoms with E-state index in [1.54, 1.807) is 18.4 Å². The Kier molecular flexibility index (Phi) is 5.15. The molecule has 0 spiro atoms. The maximum Gasteiger partial charge on any atom is 0.281 e. The third-order valence-corrected chi connectivity index (χ3v) is 5.62. The number of rotatable bonds is 5. The average molecular weight is 297 g/mol. The number of benzene rings is 1. The fourth-order valence-electron chi connectivity index (χ4n) is 2.35. The van der Waals surface area contributed by atoms with Crippen molar-refractivity contribution in [3.63, 3.8) is 0 Å². The van der Waals surface area contributed by atoms with Crippen LogP contribution in [0, 0.1) is 0 Å². The van der Waals surface area contributed by atoms with E-state index < -0.39 is 10.2 Å². The lowest BCUT2D eigenvalue weighted by molar-refractivity contribution is 0.185. The molecule has 20 heavy (non-hydrogen) atoms. The second-order valence-electron chi connectivity index (χ2n) is 5.27. The Bertz CT molecular complexity index is 508. The predicted molar refractivity (Wildman–Crippen MR) is 80.8 cm³/mol. The van der Waals surface area contributed by atoms with Gasteiger partial charge in [0, 0.05) is 46.8 Å². The first-order valence-electron chi connectivity index (χ1n) is 6.94. The molecule has 1 aliphatic rings. The predicted octanol–water partition coefficient (Wildman–Crippen LogP) is 0.653. The van der Waals surface area contributed by atoms with E-state index in [0.717, 1.165) is 26.1 Å². The van der Waals surface area contributed by atoms with Gasteiger partial charge in [0.2, 0.25) is 0 Å². The van der Waals surface area contributed by atoms with Crippen molar-refractivity contribution in [3.8, 4) is 0 Å². The van der Waals surface area contributed by atoms with Crippen molar-refractivity contribution in [2.45, 2.75) is 6.42 Å². The number of hydrogen-bond donors (Lipinski definition) is 0. The van der Waals surface area contributed by atoms with Crippen LogP contribution in [0.25, 0.3) is 0 Å². The van der Waals surface area contributed by atoms with E-state index in [2.05, 4.69) is 29.2 Å². The highest BCUT2D eigenvalue weighted by atomic mass is 32.2. The van der Waals surface area contributed by atoms with Crippen LogP contribution in [-0.2, 0) is 16.6 Å². The Hall–Kier alpha value is -0.950. The van der Waals surface area contributed by atoms with Crippen molar-refractivity contribution < 1.29 is 8.42 Å². The highest BCUT2D eigenvalue weighted by Crippen LogP contribution is 2.10. The Balaban J connectivity index is 1.80. The lowest BCUT2D eigenvalue weighted by atomic mass is 10.1. The minimum atomic E-state index is -3.25. The van der Waals surface area contributed by atoms with E-state index >= 15 is 0 Å². The van der Waals surface area contributed by atoms with Crippen LogP contribution in [0.3, 0.4) is 0 Å². The minimum Gasteiger partial charge on any atom is -0.300 e. The third kappa shape index (κ3) is 3.79. The summed E-state index contributed by atoms with van der Waals surface area (Å²) in [6, 6.07) is 10.4.